The van der Waals surface area contributed by atoms with Gasteiger partial charge >= 0.3 is 0 Å². The lowest BCUT2D eigenvalue weighted by Crippen LogP contribution is -2.32. The van der Waals surface area contributed by atoms with E-state index < -0.39 is 0 Å². The van der Waals surface area contributed by atoms with Gasteiger partial charge in [-0.1, -0.05) is 31.0 Å². The number of benzene rings is 1. The van der Waals surface area contributed by atoms with Crippen LogP contribution in [0.4, 0.5) is 4.39 Å². The molecular formula is C17H24FNO. The Hall–Kier alpha value is -0.930. The number of rotatable bonds is 4. The highest BCUT2D eigenvalue weighted by atomic mass is 19.1. The van der Waals surface area contributed by atoms with Gasteiger partial charge < -0.3 is 10.1 Å². The van der Waals surface area contributed by atoms with Gasteiger partial charge in [0.1, 0.15) is 5.82 Å². The highest BCUT2D eigenvalue weighted by Gasteiger charge is 2.41. The van der Waals surface area contributed by atoms with Crippen LogP contribution in [0.15, 0.2) is 24.3 Å². The van der Waals surface area contributed by atoms with Crippen molar-refractivity contribution >= 4 is 0 Å². The predicted octanol–water partition coefficient (Wildman–Crippen LogP) is 3.97. The molecule has 20 heavy (non-hydrogen) atoms. The van der Waals surface area contributed by atoms with Crippen LogP contribution in [0.5, 0.6) is 0 Å². The van der Waals surface area contributed by atoms with Gasteiger partial charge in [0.15, 0.2) is 0 Å². The molecular weight excluding hydrogens is 253 g/mol. The quantitative estimate of drug-likeness (QED) is 0.899. The molecule has 2 nitrogen and oxygen atoms in total. The Morgan fingerprint density at radius 2 is 2.05 bits per heavy atom. The van der Waals surface area contributed by atoms with Crippen molar-refractivity contribution in [3.05, 3.63) is 35.6 Å². The van der Waals surface area contributed by atoms with Crippen LogP contribution >= 0.6 is 0 Å². The van der Waals surface area contributed by atoms with E-state index in [1.165, 1.54) is 38.2 Å². The van der Waals surface area contributed by atoms with E-state index in [1.54, 1.807) is 6.07 Å². The first-order valence-electron chi connectivity index (χ1n) is 7.84. The lowest BCUT2D eigenvalue weighted by molar-refractivity contribution is -0.0358. The van der Waals surface area contributed by atoms with Crippen molar-refractivity contribution in [1.29, 1.82) is 0 Å². The highest BCUT2D eigenvalue weighted by molar-refractivity contribution is 5.20. The second kappa shape index (κ2) is 5.82. The molecule has 1 aromatic rings. The van der Waals surface area contributed by atoms with Gasteiger partial charge in [0.05, 0.1) is 11.7 Å². The normalized spacial score (nSPS) is 26.2. The Bertz CT molecular complexity index is 456. The summed E-state index contributed by atoms with van der Waals surface area (Å²) in [5.41, 5.74) is 0.925. The molecule has 2 atom stereocenters. The molecule has 2 aliphatic rings. The van der Waals surface area contributed by atoms with Crippen LogP contribution in [0.3, 0.4) is 0 Å². The lowest BCUT2D eigenvalue weighted by Gasteiger charge is -2.24. The molecule has 1 aliphatic carbocycles. The fourth-order valence-corrected chi connectivity index (χ4v) is 3.67. The number of hydrogen-bond donors (Lipinski definition) is 1. The van der Waals surface area contributed by atoms with Crippen LogP contribution in [0.1, 0.15) is 57.1 Å². The number of ether oxygens (including phenoxy) is 1. The molecule has 1 aliphatic heterocycles. The number of hydrogen-bond acceptors (Lipinski definition) is 2. The van der Waals surface area contributed by atoms with Gasteiger partial charge in [0.25, 0.3) is 0 Å². The SMILES string of the molecule is CC(NCC1CCC2(CCCC2)O1)c1ccccc1F. The first-order chi connectivity index (χ1) is 9.69. The van der Waals surface area contributed by atoms with E-state index in [0.29, 0.717) is 6.10 Å². The van der Waals surface area contributed by atoms with E-state index >= 15 is 0 Å². The third-order valence-electron chi connectivity index (χ3n) is 4.88. The average Bonchev–Trinajstić information content (AvgIpc) is 3.07. The van der Waals surface area contributed by atoms with Crippen LogP contribution in [0.2, 0.25) is 0 Å². The Morgan fingerprint density at radius 3 is 2.80 bits per heavy atom. The van der Waals surface area contributed by atoms with Gasteiger partial charge in [-0.25, -0.2) is 4.39 Å². The first kappa shape index (κ1) is 14.0. The molecule has 0 aromatic heterocycles. The largest absolute Gasteiger partial charge is 0.370 e. The van der Waals surface area contributed by atoms with Crippen LogP contribution < -0.4 is 5.32 Å². The molecule has 0 radical (unpaired) electrons. The molecule has 3 heteroatoms. The fourth-order valence-electron chi connectivity index (χ4n) is 3.67. The van der Waals surface area contributed by atoms with Gasteiger partial charge in [-0.15, -0.1) is 0 Å². The Labute approximate surface area is 120 Å². The van der Waals surface area contributed by atoms with Crippen LogP contribution in [-0.4, -0.2) is 18.2 Å². The standard InChI is InChI=1S/C17H24FNO/c1-13(15-6-2-3-7-16(15)18)19-12-14-8-11-17(20-14)9-4-5-10-17/h2-3,6-7,13-14,19H,4-5,8-12H2,1H3. The summed E-state index contributed by atoms with van der Waals surface area (Å²) in [5.74, 6) is -0.132. The molecule has 110 valence electrons. The van der Waals surface area contributed by atoms with Gasteiger partial charge in [-0.05, 0) is 38.7 Å². The zero-order valence-corrected chi connectivity index (χ0v) is 12.2. The molecule has 1 saturated heterocycles. The van der Waals surface area contributed by atoms with E-state index in [2.05, 4.69) is 5.32 Å². The smallest absolute Gasteiger partial charge is 0.127 e. The molecule has 2 unspecified atom stereocenters. The predicted molar refractivity (Wildman–Crippen MR) is 78.1 cm³/mol. The molecule has 0 amide bonds. The second-order valence-corrected chi connectivity index (χ2v) is 6.32. The van der Waals surface area contributed by atoms with Crippen molar-refractivity contribution in [2.45, 2.75) is 63.2 Å². The Kier molecular flexibility index (Phi) is 4.08. The molecule has 1 aromatic carbocycles. The maximum atomic E-state index is 13.7. The van der Waals surface area contributed by atoms with Crippen LogP contribution in [0, 0.1) is 5.82 Å². The number of nitrogens with one attached hydrogen (secondary N) is 1. The topological polar surface area (TPSA) is 21.3 Å². The van der Waals surface area contributed by atoms with Crippen molar-refractivity contribution in [2.75, 3.05) is 6.54 Å². The van der Waals surface area contributed by atoms with E-state index in [1.807, 2.05) is 19.1 Å². The minimum atomic E-state index is -0.132. The van der Waals surface area contributed by atoms with E-state index in [0.717, 1.165) is 18.5 Å². The maximum absolute atomic E-state index is 13.7. The van der Waals surface area contributed by atoms with Crippen LogP contribution in [0.25, 0.3) is 0 Å². The lowest BCUT2D eigenvalue weighted by atomic mass is 9.98. The summed E-state index contributed by atoms with van der Waals surface area (Å²) >= 11 is 0. The summed E-state index contributed by atoms with van der Waals surface area (Å²) in [7, 11) is 0. The molecule has 1 heterocycles. The molecule has 0 bridgehead atoms. The van der Waals surface area contributed by atoms with E-state index in [4.69, 9.17) is 4.74 Å². The Balaban J connectivity index is 1.52. The minimum Gasteiger partial charge on any atom is -0.370 e. The van der Waals surface area contributed by atoms with Crippen molar-refractivity contribution in [2.24, 2.45) is 0 Å². The van der Waals surface area contributed by atoms with Crippen molar-refractivity contribution in [1.82, 2.24) is 5.32 Å². The minimum absolute atomic E-state index is 0.0277. The molecule has 3 rings (SSSR count). The van der Waals surface area contributed by atoms with Gasteiger partial charge in [-0.2, -0.15) is 0 Å². The zero-order chi connectivity index (χ0) is 14.0. The van der Waals surface area contributed by atoms with Gasteiger partial charge in [0, 0.05) is 18.2 Å². The first-order valence-corrected chi connectivity index (χ1v) is 7.84. The number of halogens is 1. The summed E-state index contributed by atoms with van der Waals surface area (Å²) in [6.45, 7) is 2.83. The summed E-state index contributed by atoms with van der Waals surface area (Å²) < 4.78 is 20.0. The summed E-state index contributed by atoms with van der Waals surface area (Å²) in [4.78, 5) is 0. The maximum Gasteiger partial charge on any atom is 0.127 e. The molecule has 2 fully saturated rings. The van der Waals surface area contributed by atoms with Gasteiger partial charge in [0.2, 0.25) is 0 Å². The van der Waals surface area contributed by atoms with Crippen molar-refractivity contribution < 1.29 is 9.13 Å². The second-order valence-electron chi connectivity index (χ2n) is 6.32. The molecule has 1 spiro atoms. The van der Waals surface area contributed by atoms with E-state index in [9.17, 15) is 4.39 Å². The fraction of sp³-hybridized carbons (Fsp3) is 0.647. The summed E-state index contributed by atoms with van der Waals surface area (Å²) in [6.07, 6.45) is 7.71. The molecule has 1 N–H and O–H groups in total. The zero-order valence-electron chi connectivity index (χ0n) is 12.2. The van der Waals surface area contributed by atoms with Gasteiger partial charge in [-0.3, -0.25) is 0 Å². The third kappa shape index (κ3) is 2.89. The highest BCUT2D eigenvalue weighted by Crippen LogP contribution is 2.43. The van der Waals surface area contributed by atoms with Crippen molar-refractivity contribution in [3.63, 3.8) is 0 Å². The van der Waals surface area contributed by atoms with Crippen LogP contribution in [-0.2, 0) is 4.74 Å². The Morgan fingerprint density at radius 1 is 1.30 bits per heavy atom. The van der Waals surface area contributed by atoms with Crippen molar-refractivity contribution in [3.8, 4) is 0 Å². The van der Waals surface area contributed by atoms with E-state index in [-0.39, 0.29) is 17.5 Å². The summed E-state index contributed by atoms with van der Waals surface area (Å²) in [5, 5.41) is 3.42. The monoisotopic (exact) mass is 277 g/mol. The summed E-state index contributed by atoms with van der Waals surface area (Å²) in [6, 6.07) is 7.01. The molecule has 1 saturated carbocycles. The third-order valence-corrected chi connectivity index (χ3v) is 4.88. The average molecular weight is 277 g/mol.